The van der Waals surface area contributed by atoms with Crippen LogP contribution in [0.15, 0.2) is 53.6 Å². The maximum Gasteiger partial charge on any atom is 0.204 e. The van der Waals surface area contributed by atoms with E-state index < -0.39 is 0 Å². The van der Waals surface area contributed by atoms with E-state index in [0.717, 1.165) is 38.8 Å². The highest BCUT2D eigenvalue weighted by atomic mass is 32.1. The Morgan fingerprint density at radius 3 is 2.77 bits per heavy atom. The number of anilines is 1. The van der Waals surface area contributed by atoms with Gasteiger partial charge in [-0.2, -0.15) is 5.10 Å². The second-order valence-corrected chi connectivity index (χ2v) is 5.96. The van der Waals surface area contributed by atoms with E-state index in [4.69, 9.17) is 4.74 Å². The van der Waals surface area contributed by atoms with Crippen molar-refractivity contribution < 1.29 is 4.74 Å². The van der Waals surface area contributed by atoms with Crippen molar-refractivity contribution in [2.45, 2.75) is 13.3 Å². The van der Waals surface area contributed by atoms with Crippen LogP contribution in [0.1, 0.15) is 12.5 Å². The monoisotopic (exact) mass is 311 g/mol. The summed E-state index contributed by atoms with van der Waals surface area (Å²) in [5.41, 5.74) is 6.14. The van der Waals surface area contributed by atoms with E-state index >= 15 is 0 Å². The minimum atomic E-state index is 0.738. The van der Waals surface area contributed by atoms with Crippen molar-refractivity contribution in [3.8, 4) is 5.75 Å². The number of hydrogen-bond acceptors (Lipinski definition) is 5. The van der Waals surface area contributed by atoms with Gasteiger partial charge >= 0.3 is 0 Å². The molecule has 0 bridgehead atoms. The van der Waals surface area contributed by atoms with Gasteiger partial charge in [-0.05, 0) is 30.7 Å². The van der Waals surface area contributed by atoms with E-state index in [9.17, 15) is 0 Å². The summed E-state index contributed by atoms with van der Waals surface area (Å²) in [6, 6.07) is 16.0. The highest BCUT2D eigenvalue weighted by Crippen LogP contribution is 2.25. The zero-order chi connectivity index (χ0) is 15.4. The van der Waals surface area contributed by atoms with E-state index in [-0.39, 0.29) is 0 Å². The van der Waals surface area contributed by atoms with E-state index in [0.29, 0.717) is 0 Å². The maximum absolute atomic E-state index is 5.36. The Bertz CT molecular complexity index is 777. The van der Waals surface area contributed by atoms with Gasteiger partial charge in [0.25, 0.3) is 0 Å². The second-order valence-electron chi connectivity index (χ2n) is 4.93. The predicted octanol–water partition coefficient (Wildman–Crippen LogP) is 4.34. The van der Waals surface area contributed by atoms with Crippen molar-refractivity contribution in [2.75, 3.05) is 12.5 Å². The summed E-state index contributed by atoms with van der Waals surface area (Å²) in [7, 11) is 1.69. The molecule has 0 aliphatic rings. The van der Waals surface area contributed by atoms with Crippen molar-refractivity contribution in [3.63, 3.8) is 0 Å². The minimum Gasteiger partial charge on any atom is -0.496 e. The largest absolute Gasteiger partial charge is 0.496 e. The molecular weight excluding hydrogens is 294 g/mol. The van der Waals surface area contributed by atoms with Crippen LogP contribution in [-0.4, -0.2) is 17.8 Å². The number of thiazole rings is 1. The Balaban J connectivity index is 1.71. The number of aromatic nitrogens is 1. The first-order chi connectivity index (χ1) is 10.8. The standard InChI is InChI=1S/C17H17N3OS/c1-12(11-13-7-3-5-9-15(13)21-2)19-20-17-18-14-8-4-6-10-16(14)22-17/h3-10H,11H2,1-2H3,(H,18,20)/b19-12-. The van der Waals surface area contributed by atoms with Gasteiger partial charge in [-0.25, -0.2) is 4.98 Å². The van der Waals surface area contributed by atoms with E-state index in [1.54, 1.807) is 18.4 Å². The number of nitrogens with zero attached hydrogens (tertiary/aromatic N) is 2. The first-order valence-electron chi connectivity index (χ1n) is 7.03. The van der Waals surface area contributed by atoms with E-state index in [2.05, 4.69) is 27.6 Å². The fourth-order valence-electron chi connectivity index (χ4n) is 2.23. The van der Waals surface area contributed by atoms with Gasteiger partial charge < -0.3 is 4.74 Å². The van der Waals surface area contributed by atoms with Crippen LogP contribution in [0.3, 0.4) is 0 Å². The first-order valence-corrected chi connectivity index (χ1v) is 7.84. The van der Waals surface area contributed by atoms with Gasteiger partial charge in [0.05, 0.1) is 17.3 Å². The molecule has 1 heterocycles. The molecule has 0 amide bonds. The van der Waals surface area contributed by atoms with Crippen molar-refractivity contribution in [3.05, 3.63) is 54.1 Å². The number of ether oxygens (including phenoxy) is 1. The highest BCUT2D eigenvalue weighted by molar-refractivity contribution is 7.22. The third-order valence-electron chi connectivity index (χ3n) is 3.28. The van der Waals surface area contributed by atoms with Crippen LogP contribution >= 0.6 is 11.3 Å². The highest BCUT2D eigenvalue weighted by Gasteiger charge is 2.04. The van der Waals surface area contributed by atoms with Crippen molar-refractivity contribution in [1.82, 2.24) is 4.98 Å². The molecule has 5 heteroatoms. The minimum absolute atomic E-state index is 0.738. The Hall–Kier alpha value is -2.40. The normalized spacial score (nSPS) is 11.6. The molecule has 22 heavy (non-hydrogen) atoms. The molecule has 0 aliphatic carbocycles. The van der Waals surface area contributed by atoms with Gasteiger partial charge in [0.2, 0.25) is 5.13 Å². The Morgan fingerprint density at radius 1 is 1.18 bits per heavy atom. The number of hydrogen-bond donors (Lipinski definition) is 1. The van der Waals surface area contributed by atoms with Crippen LogP contribution in [0.2, 0.25) is 0 Å². The zero-order valence-corrected chi connectivity index (χ0v) is 13.4. The van der Waals surface area contributed by atoms with Crippen molar-refractivity contribution in [2.24, 2.45) is 5.10 Å². The number of hydrazone groups is 1. The maximum atomic E-state index is 5.36. The average molecular weight is 311 g/mol. The summed E-state index contributed by atoms with van der Waals surface area (Å²) in [5, 5.41) is 5.23. The Morgan fingerprint density at radius 2 is 1.95 bits per heavy atom. The molecule has 0 radical (unpaired) electrons. The molecule has 4 nitrogen and oxygen atoms in total. The van der Waals surface area contributed by atoms with Crippen molar-refractivity contribution >= 4 is 32.4 Å². The number of rotatable bonds is 5. The molecule has 3 rings (SSSR count). The quantitative estimate of drug-likeness (QED) is 0.563. The molecule has 0 unspecified atom stereocenters. The average Bonchev–Trinajstić information content (AvgIpc) is 2.96. The van der Waals surface area contributed by atoms with E-state index in [1.807, 2.05) is 43.3 Å². The molecule has 0 aliphatic heterocycles. The first kappa shape index (κ1) is 14.5. The Kier molecular flexibility index (Phi) is 4.34. The third-order valence-corrected chi connectivity index (χ3v) is 4.22. The number of methoxy groups -OCH3 is 1. The van der Waals surface area contributed by atoms with Gasteiger partial charge in [-0.1, -0.05) is 41.7 Å². The smallest absolute Gasteiger partial charge is 0.204 e. The van der Waals surface area contributed by atoms with Gasteiger partial charge in [0.15, 0.2) is 0 Å². The molecule has 2 aromatic carbocycles. The third kappa shape index (κ3) is 3.26. The molecule has 0 saturated heterocycles. The fraction of sp³-hybridized carbons (Fsp3) is 0.176. The molecule has 112 valence electrons. The molecule has 1 N–H and O–H groups in total. The summed E-state index contributed by atoms with van der Waals surface area (Å²) < 4.78 is 6.52. The predicted molar refractivity (Wildman–Crippen MR) is 93.0 cm³/mol. The van der Waals surface area contributed by atoms with Crippen LogP contribution in [0.4, 0.5) is 5.13 Å². The summed E-state index contributed by atoms with van der Waals surface area (Å²) in [4.78, 5) is 4.50. The number of benzene rings is 2. The lowest BCUT2D eigenvalue weighted by atomic mass is 10.1. The van der Waals surface area contributed by atoms with Crippen LogP contribution in [-0.2, 0) is 6.42 Å². The fourth-order valence-corrected chi connectivity index (χ4v) is 3.04. The molecular formula is C17H17N3OS. The van der Waals surface area contributed by atoms with Gasteiger partial charge in [0, 0.05) is 12.1 Å². The van der Waals surface area contributed by atoms with Crippen LogP contribution in [0.25, 0.3) is 10.2 Å². The molecule has 0 spiro atoms. The summed E-state index contributed by atoms with van der Waals surface area (Å²) in [6.07, 6.45) is 0.738. The summed E-state index contributed by atoms with van der Waals surface area (Å²) in [5.74, 6) is 0.886. The van der Waals surface area contributed by atoms with Crippen molar-refractivity contribution in [1.29, 1.82) is 0 Å². The Labute approximate surface area is 133 Å². The van der Waals surface area contributed by atoms with Crippen LogP contribution < -0.4 is 10.2 Å². The van der Waals surface area contributed by atoms with Gasteiger partial charge in [-0.3, -0.25) is 5.43 Å². The lowest BCUT2D eigenvalue weighted by Crippen LogP contribution is -2.03. The molecule has 0 atom stereocenters. The SMILES string of the molecule is COc1ccccc1C/C(C)=N\Nc1nc2ccccc2s1. The molecule has 3 aromatic rings. The molecule has 1 aromatic heterocycles. The van der Waals surface area contributed by atoms with Gasteiger partial charge in [-0.15, -0.1) is 0 Å². The van der Waals surface area contributed by atoms with Crippen LogP contribution in [0, 0.1) is 0 Å². The second kappa shape index (κ2) is 6.58. The molecule has 0 fully saturated rings. The number of para-hydroxylation sites is 2. The number of nitrogens with one attached hydrogen (secondary N) is 1. The summed E-state index contributed by atoms with van der Waals surface area (Å²) in [6.45, 7) is 1.99. The molecule has 0 saturated carbocycles. The van der Waals surface area contributed by atoms with E-state index in [1.165, 1.54) is 0 Å². The van der Waals surface area contributed by atoms with Gasteiger partial charge in [0.1, 0.15) is 5.75 Å². The number of fused-ring (bicyclic) bond motifs is 1. The lowest BCUT2D eigenvalue weighted by Gasteiger charge is -2.07. The zero-order valence-electron chi connectivity index (χ0n) is 12.5. The van der Waals surface area contributed by atoms with Crippen LogP contribution in [0.5, 0.6) is 5.75 Å². The topological polar surface area (TPSA) is 46.5 Å². The summed E-state index contributed by atoms with van der Waals surface area (Å²) >= 11 is 1.60. The lowest BCUT2D eigenvalue weighted by molar-refractivity contribution is 0.411.